The topological polar surface area (TPSA) is 40.1 Å². The van der Waals surface area contributed by atoms with Gasteiger partial charge in [0.05, 0.1) is 45.1 Å². The van der Waals surface area contributed by atoms with E-state index >= 15 is 0 Å². The number of benzene rings is 13. The third-order valence-electron chi connectivity index (χ3n) is 16.8. The fourth-order valence-corrected chi connectivity index (χ4v) is 18.1. The van der Waals surface area contributed by atoms with Gasteiger partial charge in [-0.15, -0.1) is 0 Å². The highest BCUT2D eigenvalue weighted by atomic mass is 28.3. The molecular formula is C79H55N5Si. The molecule has 0 radical (unpaired) electrons. The Morgan fingerprint density at radius 2 is 0.612 bits per heavy atom. The van der Waals surface area contributed by atoms with Crippen LogP contribution in [0.15, 0.2) is 334 Å². The quantitative estimate of drug-likeness (QED) is 0.0853. The normalized spacial score (nSPS) is 11.5. The lowest BCUT2D eigenvalue weighted by Crippen LogP contribution is -2.75. The first-order valence-corrected chi connectivity index (χ1v) is 30.9. The maximum absolute atomic E-state index is 10.3. The van der Waals surface area contributed by atoms with Crippen LogP contribution in [0.1, 0.15) is 5.56 Å². The maximum Gasteiger partial charge on any atom is 0.180 e. The van der Waals surface area contributed by atoms with E-state index in [9.17, 15) is 5.26 Å². The molecule has 0 N–H and O–H groups in total. The molecule has 0 aliphatic carbocycles. The van der Waals surface area contributed by atoms with Crippen molar-refractivity contribution in [1.29, 1.82) is 5.26 Å². The Kier molecular flexibility index (Phi) is 12.9. The number of aromatic nitrogens is 2. The highest BCUT2D eigenvalue weighted by Crippen LogP contribution is 2.45. The second-order valence-corrected chi connectivity index (χ2v) is 25.3. The summed E-state index contributed by atoms with van der Waals surface area (Å²) in [5.41, 5.74) is 15.6. The van der Waals surface area contributed by atoms with E-state index in [1.54, 1.807) is 0 Å². The van der Waals surface area contributed by atoms with Crippen LogP contribution < -0.4 is 30.5 Å². The van der Waals surface area contributed by atoms with Gasteiger partial charge >= 0.3 is 0 Å². The number of anilines is 6. The van der Waals surface area contributed by atoms with Gasteiger partial charge in [0.2, 0.25) is 0 Å². The number of nitriles is 1. The van der Waals surface area contributed by atoms with Crippen molar-refractivity contribution in [3.05, 3.63) is 339 Å². The number of fused-ring (bicyclic) bond motifs is 6. The van der Waals surface area contributed by atoms with Crippen LogP contribution >= 0.6 is 0 Å². The second-order valence-electron chi connectivity index (χ2n) is 21.5. The minimum absolute atomic E-state index is 0.612. The fourth-order valence-electron chi connectivity index (χ4n) is 13.2. The molecule has 400 valence electrons. The standard InChI is InChI=1S/C79H55N5Si/c80-56-57-44-46-58(47-45-57)70-54-77(83-73-42-24-22-40-68(73)71-52-63(48-50-75(71)83)81(59-26-8-1-9-27-59)60-28-10-2-11-29-60)78(55-79(70)85(65-34-16-5-17-35-65,66-36-18-6-19-37-66)67-38-20-7-21-39-67)84-74-43-25-23-41-69(74)72-53-64(49-51-76(72)84)82(61-30-12-3-13-31-61)62-32-14-4-15-33-62/h1-55H. The van der Waals surface area contributed by atoms with Crippen molar-refractivity contribution in [1.82, 2.24) is 9.13 Å². The van der Waals surface area contributed by atoms with E-state index in [2.05, 4.69) is 347 Å². The molecule has 0 aliphatic rings. The molecule has 85 heavy (non-hydrogen) atoms. The summed E-state index contributed by atoms with van der Waals surface area (Å²) in [5.74, 6) is 0. The molecule has 6 heteroatoms. The molecule has 15 aromatic rings. The smallest absolute Gasteiger partial charge is 0.180 e. The van der Waals surface area contributed by atoms with E-state index < -0.39 is 8.07 Å². The van der Waals surface area contributed by atoms with Gasteiger partial charge in [-0.25, -0.2) is 0 Å². The van der Waals surface area contributed by atoms with Gasteiger partial charge in [0.1, 0.15) is 0 Å². The van der Waals surface area contributed by atoms with E-state index in [1.165, 1.54) is 20.7 Å². The number of hydrogen-bond acceptors (Lipinski definition) is 3. The van der Waals surface area contributed by atoms with Gasteiger partial charge in [-0.1, -0.05) is 212 Å². The van der Waals surface area contributed by atoms with E-state index in [-0.39, 0.29) is 0 Å². The first kappa shape index (κ1) is 50.7. The van der Waals surface area contributed by atoms with Crippen molar-refractivity contribution in [3.63, 3.8) is 0 Å². The van der Waals surface area contributed by atoms with Crippen LogP contribution in [0.5, 0.6) is 0 Å². The van der Waals surface area contributed by atoms with Crippen LogP contribution in [0.25, 0.3) is 66.1 Å². The molecule has 0 aliphatic heterocycles. The third kappa shape index (κ3) is 8.69. The summed E-state index contributed by atoms with van der Waals surface area (Å²) in [6.07, 6.45) is 0. The average molecular weight is 1100 g/mol. The van der Waals surface area contributed by atoms with Crippen LogP contribution in [-0.4, -0.2) is 17.2 Å². The van der Waals surface area contributed by atoms with E-state index in [4.69, 9.17) is 0 Å². The molecule has 15 rings (SSSR count). The Morgan fingerprint density at radius 3 is 0.988 bits per heavy atom. The Labute approximate surface area is 495 Å². The monoisotopic (exact) mass is 1100 g/mol. The molecule has 0 atom stereocenters. The van der Waals surface area contributed by atoms with Gasteiger partial charge in [0.25, 0.3) is 0 Å². The highest BCUT2D eigenvalue weighted by Gasteiger charge is 2.44. The zero-order valence-corrected chi connectivity index (χ0v) is 47.5. The van der Waals surface area contributed by atoms with Crippen LogP contribution in [0.2, 0.25) is 0 Å². The summed E-state index contributed by atoms with van der Waals surface area (Å²) in [7, 11) is -3.33. The maximum atomic E-state index is 10.3. The lowest BCUT2D eigenvalue weighted by Gasteiger charge is -2.37. The third-order valence-corrected chi connectivity index (χ3v) is 21.7. The molecule has 0 amide bonds. The first-order valence-electron chi connectivity index (χ1n) is 28.9. The molecule has 0 saturated carbocycles. The van der Waals surface area contributed by atoms with Gasteiger partial charge in [0, 0.05) is 55.7 Å². The molecule has 13 aromatic carbocycles. The molecule has 0 unspecified atom stereocenters. The SMILES string of the molecule is N#Cc1ccc(-c2cc(-n3c4ccccc4c4cc(N(c5ccccc5)c5ccccc5)ccc43)c(-n3c4ccccc4c4cc(N(c5ccccc5)c5ccccc5)ccc43)cc2[Si](c2ccccc2)(c2ccccc2)c2ccccc2)cc1. The van der Waals surface area contributed by atoms with Gasteiger partial charge in [-0.2, -0.15) is 5.26 Å². The van der Waals surface area contributed by atoms with E-state index in [0.29, 0.717) is 5.56 Å². The Morgan fingerprint density at radius 1 is 0.282 bits per heavy atom. The van der Waals surface area contributed by atoms with Gasteiger partial charge in [-0.3, -0.25) is 0 Å². The Balaban J connectivity index is 1.10. The van der Waals surface area contributed by atoms with Crippen LogP contribution in [0.3, 0.4) is 0 Å². The molecule has 0 spiro atoms. The van der Waals surface area contributed by atoms with Crippen molar-refractivity contribution >= 4 is 107 Å². The van der Waals surface area contributed by atoms with Crippen molar-refractivity contribution < 1.29 is 0 Å². The average Bonchev–Trinajstić information content (AvgIpc) is 1.80. The number of nitrogens with zero attached hydrogens (tertiary/aromatic N) is 5. The minimum Gasteiger partial charge on any atom is -0.310 e. The number of para-hydroxylation sites is 6. The Bertz CT molecular complexity index is 4750. The zero-order chi connectivity index (χ0) is 56.7. The minimum atomic E-state index is -3.33. The summed E-state index contributed by atoms with van der Waals surface area (Å²) < 4.78 is 5.04. The van der Waals surface area contributed by atoms with Crippen molar-refractivity contribution in [2.24, 2.45) is 0 Å². The lowest BCUT2D eigenvalue weighted by atomic mass is 10.0. The van der Waals surface area contributed by atoms with Crippen LogP contribution in [-0.2, 0) is 0 Å². The summed E-state index contributed by atoms with van der Waals surface area (Å²) >= 11 is 0. The largest absolute Gasteiger partial charge is 0.310 e. The van der Waals surface area contributed by atoms with Gasteiger partial charge in [-0.05, 0) is 153 Å². The summed E-state index contributed by atoms with van der Waals surface area (Å²) in [6.45, 7) is 0. The molecule has 0 fully saturated rings. The molecular weight excluding hydrogens is 1050 g/mol. The molecule has 0 bridgehead atoms. The number of rotatable bonds is 13. The predicted molar refractivity (Wildman–Crippen MR) is 358 cm³/mol. The highest BCUT2D eigenvalue weighted by molar-refractivity contribution is 7.20. The second kappa shape index (κ2) is 21.6. The van der Waals surface area contributed by atoms with Gasteiger partial charge in [0.15, 0.2) is 8.07 Å². The van der Waals surface area contributed by atoms with Crippen molar-refractivity contribution in [2.75, 3.05) is 9.80 Å². The van der Waals surface area contributed by atoms with Crippen molar-refractivity contribution in [2.45, 2.75) is 0 Å². The van der Waals surface area contributed by atoms with Crippen molar-refractivity contribution in [3.8, 4) is 28.6 Å². The molecule has 2 heterocycles. The van der Waals surface area contributed by atoms with E-state index in [0.717, 1.165) is 100 Å². The Hall–Kier alpha value is -11.2. The summed E-state index contributed by atoms with van der Waals surface area (Å²) in [6, 6.07) is 124. The lowest BCUT2D eigenvalue weighted by molar-refractivity contribution is 1.10. The van der Waals surface area contributed by atoms with E-state index in [1.807, 2.05) is 12.1 Å². The molecule has 0 saturated heterocycles. The number of hydrogen-bond donors (Lipinski definition) is 0. The van der Waals surface area contributed by atoms with Gasteiger partial charge < -0.3 is 18.9 Å². The zero-order valence-electron chi connectivity index (χ0n) is 46.5. The predicted octanol–water partition coefficient (Wildman–Crippen LogP) is 17.7. The summed E-state index contributed by atoms with van der Waals surface area (Å²) in [5, 5.41) is 19.9. The molecule has 5 nitrogen and oxygen atoms in total. The van der Waals surface area contributed by atoms with Crippen LogP contribution in [0, 0.1) is 11.3 Å². The summed E-state index contributed by atoms with van der Waals surface area (Å²) in [4.78, 5) is 4.70. The fraction of sp³-hybridized carbons (Fsp3) is 0. The first-order chi connectivity index (χ1) is 42.2. The molecule has 2 aromatic heterocycles. The van der Waals surface area contributed by atoms with Crippen LogP contribution in [0.4, 0.5) is 34.1 Å².